The molecule has 0 bridgehead atoms. The number of anilines is 1. The van der Waals surface area contributed by atoms with Gasteiger partial charge in [0, 0.05) is 11.6 Å². The maximum atomic E-state index is 10.6. The second-order valence-corrected chi connectivity index (χ2v) is 5.05. The minimum absolute atomic E-state index is 0.0957. The Bertz CT molecular complexity index is 652. The molecule has 5 nitrogen and oxygen atoms in total. The number of rotatable bonds is 5. The third kappa shape index (κ3) is 3.04. The van der Waals surface area contributed by atoms with Crippen LogP contribution in [0.4, 0.5) is 5.69 Å². The van der Waals surface area contributed by atoms with E-state index in [1.54, 1.807) is 0 Å². The van der Waals surface area contributed by atoms with Gasteiger partial charge in [0.15, 0.2) is 0 Å². The molecular weight excluding hydrogens is 274 g/mol. The van der Waals surface area contributed by atoms with E-state index in [9.17, 15) is 4.79 Å². The quantitative estimate of drug-likeness (QED) is 0.576. The van der Waals surface area contributed by atoms with Crippen molar-refractivity contribution in [3.8, 4) is 0 Å². The summed E-state index contributed by atoms with van der Waals surface area (Å²) in [7, 11) is 0. The molecule has 2 aromatic rings. The van der Waals surface area contributed by atoms with E-state index >= 15 is 0 Å². The van der Waals surface area contributed by atoms with E-state index in [4.69, 9.17) is 16.7 Å². The number of hydrogen-bond donors (Lipinski definition) is 3. The SMILES string of the molecule is N/C=C(/SCC(=O)O)N(N)c1cccc2ccccc12. The lowest BCUT2D eigenvalue weighted by atomic mass is 10.1. The molecule has 20 heavy (non-hydrogen) atoms. The van der Waals surface area contributed by atoms with Crippen molar-refractivity contribution in [2.24, 2.45) is 11.6 Å². The first kappa shape index (κ1) is 14.2. The number of fused-ring (bicyclic) bond motifs is 1. The van der Waals surface area contributed by atoms with E-state index in [2.05, 4.69) is 0 Å². The number of carboxylic acids is 1. The maximum Gasteiger partial charge on any atom is 0.313 e. The molecule has 0 spiro atoms. The molecule has 0 unspecified atom stereocenters. The molecule has 104 valence electrons. The molecule has 6 heteroatoms. The molecule has 0 aliphatic heterocycles. The fourth-order valence-corrected chi connectivity index (χ4v) is 2.48. The van der Waals surface area contributed by atoms with Crippen molar-refractivity contribution in [3.63, 3.8) is 0 Å². The summed E-state index contributed by atoms with van der Waals surface area (Å²) in [6.45, 7) is 0. The summed E-state index contributed by atoms with van der Waals surface area (Å²) in [6.07, 6.45) is 1.31. The zero-order valence-corrected chi connectivity index (χ0v) is 11.5. The molecule has 0 fully saturated rings. The average Bonchev–Trinajstić information content (AvgIpc) is 2.46. The first-order valence-corrected chi connectivity index (χ1v) is 6.91. The van der Waals surface area contributed by atoms with E-state index < -0.39 is 5.97 Å². The number of nitrogens with zero attached hydrogens (tertiary/aromatic N) is 1. The van der Waals surface area contributed by atoms with Crippen molar-refractivity contribution in [1.29, 1.82) is 0 Å². The van der Waals surface area contributed by atoms with Gasteiger partial charge in [0.1, 0.15) is 5.03 Å². The number of carbonyl (C=O) groups is 1. The minimum atomic E-state index is -0.916. The van der Waals surface area contributed by atoms with E-state index in [0.717, 1.165) is 28.2 Å². The van der Waals surface area contributed by atoms with Gasteiger partial charge < -0.3 is 10.8 Å². The van der Waals surface area contributed by atoms with E-state index in [0.29, 0.717) is 5.03 Å². The van der Waals surface area contributed by atoms with Crippen LogP contribution < -0.4 is 16.6 Å². The lowest BCUT2D eigenvalue weighted by Crippen LogP contribution is -2.30. The smallest absolute Gasteiger partial charge is 0.313 e. The van der Waals surface area contributed by atoms with Crippen LogP contribution in [-0.4, -0.2) is 16.8 Å². The maximum absolute atomic E-state index is 10.6. The van der Waals surface area contributed by atoms with Gasteiger partial charge in [-0.3, -0.25) is 9.80 Å². The summed E-state index contributed by atoms with van der Waals surface area (Å²) in [5.74, 6) is 5.06. The molecule has 0 heterocycles. The van der Waals surface area contributed by atoms with Crippen LogP contribution in [0, 0.1) is 0 Å². The Balaban J connectivity index is 2.35. The van der Waals surface area contributed by atoms with Gasteiger partial charge in [-0.25, -0.2) is 5.84 Å². The Hall–Kier alpha value is -2.18. The third-order valence-corrected chi connectivity index (χ3v) is 3.77. The van der Waals surface area contributed by atoms with Crippen molar-refractivity contribution in [3.05, 3.63) is 53.7 Å². The Kier molecular flexibility index (Phi) is 4.49. The fraction of sp³-hybridized carbons (Fsp3) is 0.0714. The average molecular weight is 289 g/mol. The van der Waals surface area contributed by atoms with Gasteiger partial charge in [-0.15, -0.1) is 0 Å². The highest BCUT2D eigenvalue weighted by molar-refractivity contribution is 8.03. The normalized spacial score (nSPS) is 11.6. The number of carboxylic acid groups (broad SMARTS) is 1. The molecule has 0 amide bonds. The van der Waals surface area contributed by atoms with Crippen LogP contribution in [0.2, 0.25) is 0 Å². The fourth-order valence-electron chi connectivity index (χ4n) is 1.87. The summed E-state index contributed by atoms with van der Waals surface area (Å²) in [4.78, 5) is 10.6. The van der Waals surface area contributed by atoms with Crippen LogP contribution in [0.1, 0.15) is 0 Å². The van der Waals surface area contributed by atoms with Crippen LogP contribution in [-0.2, 0) is 4.79 Å². The first-order valence-electron chi connectivity index (χ1n) is 5.92. The van der Waals surface area contributed by atoms with Crippen molar-refractivity contribution in [2.45, 2.75) is 0 Å². The van der Waals surface area contributed by atoms with Crippen LogP contribution in [0.25, 0.3) is 10.8 Å². The topological polar surface area (TPSA) is 92.6 Å². The van der Waals surface area contributed by atoms with Gasteiger partial charge in [0.25, 0.3) is 0 Å². The molecule has 2 rings (SSSR count). The van der Waals surface area contributed by atoms with Crippen LogP contribution in [0.3, 0.4) is 0 Å². The standard InChI is InChI=1S/C14H15N3O2S/c15-8-13(20-9-14(18)19)17(16)12-7-3-5-10-4-1-2-6-11(10)12/h1-8H,9,15-16H2,(H,18,19)/b13-8+. The first-order chi connectivity index (χ1) is 9.63. The van der Waals surface area contributed by atoms with Crippen molar-refractivity contribution in [1.82, 2.24) is 0 Å². The lowest BCUT2D eigenvalue weighted by molar-refractivity contribution is -0.133. The highest BCUT2D eigenvalue weighted by atomic mass is 32.2. The number of aliphatic carboxylic acids is 1. The predicted molar refractivity (Wildman–Crippen MR) is 83.0 cm³/mol. The Morgan fingerprint density at radius 2 is 1.95 bits per heavy atom. The predicted octanol–water partition coefficient (Wildman–Crippen LogP) is 2.10. The Morgan fingerprint density at radius 1 is 1.25 bits per heavy atom. The molecule has 0 aromatic heterocycles. The van der Waals surface area contributed by atoms with Gasteiger partial charge >= 0.3 is 5.97 Å². The lowest BCUT2D eigenvalue weighted by Gasteiger charge is -2.22. The van der Waals surface area contributed by atoms with Gasteiger partial charge in [-0.2, -0.15) is 0 Å². The van der Waals surface area contributed by atoms with Crippen LogP contribution in [0.5, 0.6) is 0 Å². The molecule has 0 radical (unpaired) electrons. The van der Waals surface area contributed by atoms with Crippen molar-refractivity contribution in [2.75, 3.05) is 10.8 Å². The number of thioether (sulfide) groups is 1. The number of hydrogen-bond acceptors (Lipinski definition) is 5. The van der Waals surface area contributed by atoms with Gasteiger partial charge in [0.2, 0.25) is 0 Å². The van der Waals surface area contributed by atoms with E-state index in [1.807, 2.05) is 42.5 Å². The van der Waals surface area contributed by atoms with Crippen molar-refractivity contribution >= 4 is 34.2 Å². The highest BCUT2D eigenvalue weighted by Gasteiger charge is 2.12. The second kappa shape index (κ2) is 6.31. The monoisotopic (exact) mass is 289 g/mol. The molecule has 0 aliphatic carbocycles. The van der Waals surface area contributed by atoms with Crippen molar-refractivity contribution < 1.29 is 9.90 Å². The van der Waals surface area contributed by atoms with Gasteiger partial charge in [-0.1, -0.05) is 48.2 Å². The number of nitrogens with two attached hydrogens (primary N) is 2. The van der Waals surface area contributed by atoms with Gasteiger partial charge in [0.05, 0.1) is 11.4 Å². The summed E-state index contributed by atoms with van der Waals surface area (Å²) >= 11 is 1.08. The number of benzene rings is 2. The van der Waals surface area contributed by atoms with Crippen LogP contribution >= 0.6 is 11.8 Å². The molecular formula is C14H15N3O2S. The molecule has 0 aliphatic rings. The summed E-state index contributed by atoms with van der Waals surface area (Å²) in [5.41, 5.74) is 6.32. The summed E-state index contributed by atoms with van der Waals surface area (Å²) < 4.78 is 0. The van der Waals surface area contributed by atoms with Crippen LogP contribution in [0.15, 0.2) is 53.7 Å². The summed E-state index contributed by atoms with van der Waals surface area (Å²) in [6, 6.07) is 13.6. The third-order valence-electron chi connectivity index (χ3n) is 2.75. The Labute approximate surface area is 120 Å². The second-order valence-electron chi connectivity index (χ2n) is 4.06. The largest absolute Gasteiger partial charge is 0.481 e. The van der Waals surface area contributed by atoms with Gasteiger partial charge in [-0.05, 0) is 11.5 Å². The van der Waals surface area contributed by atoms with E-state index in [1.165, 1.54) is 11.2 Å². The summed E-state index contributed by atoms with van der Waals surface area (Å²) in [5, 5.41) is 12.7. The number of hydrazine groups is 1. The molecule has 0 atom stereocenters. The minimum Gasteiger partial charge on any atom is -0.481 e. The molecule has 0 saturated heterocycles. The molecule has 0 saturated carbocycles. The molecule has 5 N–H and O–H groups in total. The Morgan fingerprint density at radius 3 is 2.65 bits per heavy atom. The molecule has 2 aromatic carbocycles. The van der Waals surface area contributed by atoms with E-state index in [-0.39, 0.29) is 5.75 Å². The zero-order chi connectivity index (χ0) is 14.5. The zero-order valence-electron chi connectivity index (χ0n) is 10.7. The highest BCUT2D eigenvalue weighted by Crippen LogP contribution is 2.30.